The number of rotatable bonds is 2. The Morgan fingerprint density at radius 2 is 1.93 bits per heavy atom. The second kappa shape index (κ2) is 10.9. The zero-order valence-corrected chi connectivity index (χ0v) is 18.6. The van der Waals surface area contributed by atoms with Crippen molar-refractivity contribution in [1.82, 2.24) is 5.32 Å². The van der Waals surface area contributed by atoms with Crippen LogP contribution in [0, 0.1) is 5.41 Å². The van der Waals surface area contributed by atoms with Gasteiger partial charge in [-0.1, -0.05) is 44.1 Å². The van der Waals surface area contributed by atoms with Crippen molar-refractivity contribution < 1.29 is 14.3 Å². The van der Waals surface area contributed by atoms with Crippen molar-refractivity contribution in [1.29, 1.82) is 0 Å². The Labute approximate surface area is 166 Å². The average molecular weight is 380 g/mol. The molecule has 0 fully saturated rings. The summed E-state index contributed by atoms with van der Waals surface area (Å²) in [6.45, 7) is 12.4. The minimum absolute atomic E-state index is 0.0767. The van der Waals surface area contributed by atoms with Crippen LogP contribution in [-0.2, 0) is 9.47 Å². The molecular weight excluding hydrogens is 338 g/mol. The number of hydrogen-bond donors (Lipinski definition) is 1. The molecule has 4 nitrogen and oxygen atoms in total. The third-order valence-corrected chi connectivity index (χ3v) is 4.80. The van der Waals surface area contributed by atoms with E-state index in [1.165, 1.54) is 5.57 Å². The fraction of sp³-hybridized carbons (Fsp3) is 0.783. The summed E-state index contributed by atoms with van der Waals surface area (Å²) in [6.07, 6.45) is 13.8. The van der Waals surface area contributed by atoms with Crippen LogP contribution in [0.15, 0.2) is 23.8 Å². The summed E-state index contributed by atoms with van der Waals surface area (Å²) in [5.74, 6) is 0. The normalized spacial score (nSPS) is 28.3. The molecule has 156 valence electrons. The van der Waals surface area contributed by atoms with Crippen LogP contribution in [0.25, 0.3) is 0 Å². The van der Waals surface area contributed by atoms with E-state index in [9.17, 15) is 4.79 Å². The van der Waals surface area contributed by atoms with Gasteiger partial charge in [-0.2, -0.15) is 0 Å². The fourth-order valence-corrected chi connectivity index (χ4v) is 3.61. The predicted octanol–water partition coefficient (Wildman–Crippen LogP) is 6.17. The van der Waals surface area contributed by atoms with Gasteiger partial charge in [-0.05, 0) is 71.6 Å². The molecule has 0 aromatic heterocycles. The first-order valence-electron chi connectivity index (χ1n) is 10.4. The van der Waals surface area contributed by atoms with E-state index >= 15 is 0 Å². The Morgan fingerprint density at radius 3 is 2.56 bits per heavy atom. The highest BCUT2D eigenvalue weighted by Gasteiger charge is 2.22. The maximum Gasteiger partial charge on any atom is 0.407 e. The second-order valence-corrected chi connectivity index (χ2v) is 9.55. The van der Waals surface area contributed by atoms with Gasteiger partial charge < -0.3 is 14.8 Å². The SMILES string of the molecule is COC1/C=C/CCCCC(NC(=O)OC(C)(C)C)CC/C(C)=C\C(C)(C)C1. The molecule has 0 saturated heterocycles. The molecule has 0 spiro atoms. The molecule has 1 aliphatic rings. The molecule has 0 aromatic carbocycles. The molecule has 1 N–H and O–H groups in total. The lowest BCUT2D eigenvalue weighted by atomic mass is 9.83. The Kier molecular flexibility index (Phi) is 9.58. The number of ether oxygens (including phenoxy) is 2. The van der Waals surface area contributed by atoms with E-state index in [-0.39, 0.29) is 23.7 Å². The van der Waals surface area contributed by atoms with E-state index in [0.717, 1.165) is 44.9 Å². The zero-order chi connectivity index (χ0) is 20.5. The molecule has 0 aromatic rings. The number of alkyl carbamates (subject to hydrolysis) is 1. The molecule has 1 amide bonds. The van der Waals surface area contributed by atoms with Crippen LogP contribution in [0.5, 0.6) is 0 Å². The molecule has 0 saturated carbocycles. The number of carbonyl (C=O) groups excluding carboxylic acids is 1. The Balaban J connectivity index is 2.80. The van der Waals surface area contributed by atoms with E-state index in [0.29, 0.717) is 0 Å². The van der Waals surface area contributed by atoms with Crippen LogP contribution in [0.4, 0.5) is 4.79 Å². The molecule has 2 atom stereocenters. The smallest absolute Gasteiger partial charge is 0.407 e. The number of allylic oxidation sites excluding steroid dienone is 3. The lowest BCUT2D eigenvalue weighted by Crippen LogP contribution is -2.39. The van der Waals surface area contributed by atoms with Gasteiger partial charge >= 0.3 is 6.09 Å². The van der Waals surface area contributed by atoms with Crippen molar-refractivity contribution in [3.05, 3.63) is 23.8 Å². The van der Waals surface area contributed by atoms with Gasteiger partial charge in [0.05, 0.1) is 6.10 Å². The lowest BCUT2D eigenvalue weighted by Gasteiger charge is -2.27. The van der Waals surface area contributed by atoms with Gasteiger partial charge in [-0.25, -0.2) is 4.79 Å². The maximum atomic E-state index is 12.2. The van der Waals surface area contributed by atoms with E-state index in [1.54, 1.807) is 7.11 Å². The molecule has 1 rings (SSSR count). The molecular formula is C23H41NO3. The third kappa shape index (κ3) is 11.2. The van der Waals surface area contributed by atoms with Crippen LogP contribution in [0.1, 0.15) is 86.5 Å². The number of nitrogens with one attached hydrogen (secondary N) is 1. The van der Waals surface area contributed by atoms with E-state index < -0.39 is 5.60 Å². The summed E-state index contributed by atoms with van der Waals surface area (Å²) < 4.78 is 11.1. The summed E-state index contributed by atoms with van der Waals surface area (Å²) >= 11 is 0. The van der Waals surface area contributed by atoms with Crippen LogP contribution in [0.2, 0.25) is 0 Å². The Hall–Kier alpha value is -1.29. The van der Waals surface area contributed by atoms with Gasteiger partial charge in [0.1, 0.15) is 5.60 Å². The van der Waals surface area contributed by atoms with Gasteiger partial charge in [-0.3, -0.25) is 0 Å². The maximum absolute atomic E-state index is 12.2. The number of carbonyl (C=O) groups is 1. The highest BCUT2D eigenvalue weighted by atomic mass is 16.6. The first-order valence-corrected chi connectivity index (χ1v) is 10.4. The standard InChI is InChI=1S/C23H41NO3/c1-18-14-15-19(24-21(25)27-22(2,3)4)12-10-8-9-11-13-20(26-7)17-23(5,6)16-18/h11,13,16,19-20H,8-10,12,14-15,17H2,1-7H3,(H,24,25)/b13-11+,18-16-. The molecule has 27 heavy (non-hydrogen) atoms. The monoisotopic (exact) mass is 379 g/mol. The molecule has 0 radical (unpaired) electrons. The summed E-state index contributed by atoms with van der Waals surface area (Å²) in [5.41, 5.74) is 0.980. The van der Waals surface area contributed by atoms with Crippen LogP contribution in [-0.4, -0.2) is 30.9 Å². The van der Waals surface area contributed by atoms with Gasteiger partial charge in [0.2, 0.25) is 0 Å². The first kappa shape index (κ1) is 23.7. The van der Waals surface area contributed by atoms with Crippen LogP contribution < -0.4 is 5.32 Å². The Bertz CT molecular complexity index is 514. The van der Waals surface area contributed by atoms with Gasteiger partial charge in [0.25, 0.3) is 0 Å². The molecule has 2 unspecified atom stereocenters. The second-order valence-electron chi connectivity index (χ2n) is 9.55. The van der Waals surface area contributed by atoms with Gasteiger partial charge in [-0.15, -0.1) is 0 Å². The number of methoxy groups -OCH3 is 1. The number of hydrogen-bond acceptors (Lipinski definition) is 3. The fourth-order valence-electron chi connectivity index (χ4n) is 3.61. The van der Waals surface area contributed by atoms with Crippen molar-refractivity contribution in [3.63, 3.8) is 0 Å². The predicted molar refractivity (Wildman–Crippen MR) is 113 cm³/mol. The van der Waals surface area contributed by atoms with Crippen molar-refractivity contribution in [2.75, 3.05) is 7.11 Å². The molecule has 4 heteroatoms. The molecule has 0 heterocycles. The zero-order valence-electron chi connectivity index (χ0n) is 18.6. The summed E-state index contributed by atoms with van der Waals surface area (Å²) in [5, 5.41) is 3.09. The molecule has 0 aliphatic heterocycles. The minimum Gasteiger partial charge on any atom is -0.444 e. The van der Waals surface area contributed by atoms with E-state index in [4.69, 9.17) is 9.47 Å². The summed E-state index contributed by atoms with van der Waals surface area (Å²) in [7, 11) is 1.79. The Morgan fingerprint density at radius 1 is 1.22 bits per heavy atom. The highest BCUT2D eigenvalue weighted by molar-refractivity contribution is 5.68. The first-order chi connectivity index (χ1) is 12.5. The quantitative estimate of drug-likeness (QED) is 0.584. The van der Waals surface area contributed by atoms with Crippen LogP contribution in [0.3, 0.4) is 0 Å². The van der Waals surface area contributed by atoms with Crippen LogP contribution >= 0.6 is 0 Å². The van der Waals surface area contributed by atoms with E-state index in [2.05, 4.69) is 44.3 Å². The van der Waals surface area contributed by atoms with Crippen molar-refractivity contribution in [2.45, 2.75) is 104 Å². The number of amides is 1. The third-order valence-electron chi connectivity index (χ3n) is 4.80. The summed E-state index contributed by atoms with van der Waals surface area (Å²) in [4.78, 5) is 12.2. The highest BCUT2D eigenvalue weighted by Crippen LogP contribution is 2.29. The molecule has 0 bridgehead atoms. The van der Waals surface area contributed by atoms with Gasteiger partial charge in [0.15, 0.2) is 0 Å². The summed E-state index contributed by atoms with van der Waals surface area (Å²) in [6, 6.07) is 0.157. The topological polar surface area (TPSA) is 47.6 Å². The van der Waals surface area contributed by atoms with Crippen molar-refractivity contribution in [2.24, 2.45) is 5.41 Å². The van der Waals surface area contributed by atoms with Crippen molar-refractivity contribution in [3.8, 4) is 0 Å². The van der Waals surface area contributed by atoms with Crippen molar-refractivity contribution >= 4 is 6.09 Å². The lowest BCUT2D eigenvalue weighted by molar-refractivity contribution is 0.0498. The van der Waals surface area contributed by atoms with Gasteiger partial charge in [0, 0.05) is 13.2 Å². The molecule has 1 aliphatic carbocycles. The average Bonchev–Trinajstić information content (AvgIpc) is 2.51. The minimum atomic E-state index is -0.464. The van der Waals surface area contributed by atoms with E-state index in [1.807, 2.05) is 20.8 Å². The largest absolute Gasteiger partial charge is 0.444 e.